The zero-order valence-corrected chi connectivity index (χ0v) is 55.7. The minimum absolute atomic E-state index is 0.228. The molecule has 0 spiro atoms. The molecule has 12 N–H and O–H groups in total. The highest BCUT2D eigenvalue weighted by atomic mass is 16.8. The Morgan fingerprint density at radius 2 is 0.761 bits per heavy atom. The third-order valence-corrected chi connectivity index (χ3v) is 16.8. The van der Waals surface area contributed by atoms with Crippen molar-refractivity contribution in [1.29, 1.82) is 0 Å². The van der Waals surface area contributed by atoms with E-state index in [-0.39, 0.29) is 18.9 Å². The number of hydrogen-bond donors (Lipinski definition) is 12. The summed E-state index contributed by atoms with van der Waals surface area (Å²) >= 11 is 0. The van der Waals surface area contributed by atoms with Crippen molar-refractivity contribution in [2.75, 3.05) is 26.4 Å². The van der Waals surface area contributed by atoms with Gasteiger partial charge >= 0.3 is 0 Å². The quantitative estimate of drug-likeness (QED) is 0.0199. The zero-order valence-electron chi connectivity index (χ0n) is 55.7. The van der Waals surface area contributed by atoms with E-state index in [0.29, 0.717) is 12.8 Å². The fourth-order valence-corrected chi connectivity index (χ4v) is 11.1. The molecule has 528 valence electrons. The first kappa shape index (κ1) is 82.7. The lowest BCUT2D eigenvalue weighted by atomic mass is 9.96. The Labute approximate surface area is 551 Å². The molecule has 0 aliphatic carbocycles. The van der Waals surface area contributed by atoms with Crippen LogP contribution in [0, 0.1) is 0 Å². The lowest BCUT2D eigenvalue weighted by Gasteiger charge is -2.48. The highest BCUT2D eigenvalue weighted by molar-refractivity contribution is 5.76. The molecule has 0 radical (unpaired) electrons. The molecule has 0 aromatic carbocycles. The molecule has 0 aromatic rings. The van der Waals surface area contributed by atoms with Gasteiger partial charge in [-0.3, -0.25) is 4.79 Å². The number of allylic oxidation sites excluding steroid dienone is 17. The Morgan fingerprint density at radius 3 is 1.22 bits per heavy atom. The van der Waals surface area contributed by atoms with Gasteiger partial charge in [-0.1, -0.05) is 226 Å². The SMILES string of the molecule is CC/C=C\C/C=C\C/C=C\C/C=C\C/C=C\C/C=C\C/C=C\CCCCCCCCCCCCCCCC(=O)NC(COC1OC(CO)C(OC2OC(CO)C(OC3OC(CO)C(O)C(O)C3O)C(O)C2O)C(O)C1O)C(O)/C=C/CC/C=C/CCCCCCCC. The van der Waals surface area contributed by atoms with Gasteiger partial charge in [0.1, 0.15) is 73.2 Å². The van der Waals surface area contributed by atoms with E-state index < -0.39 is 124 Å². The maximum atomic E-state index is 13.4. The first-order chi connectivity index (χ1) is 44.8. The van der Waals surface area contributed by atoms with E-state index in [1.54, 1.807) is 6.08 Å². The van der Waals surface area contributed by atoms with Crippen molar-refractivity contribution in [2.45, 2.75) is 317 Å². The number of nitrogens with one attached hydrogen (secondary N) is 1. The molecule has 19 nitrogen and oxygen atoms in total. The summed E-state index contributed by atoms with van der Waals surface area (Å²) in [4.78, 5) is 13.4. The predicted octanol–water partition coefficient (Wildman–Crippen LogP) is 9.44. The smallest absolute Gasteiger partial charge is 0.220 e. The Balaban J connectivity index is 1.35. The fourth-order valence-electron chi connectivity index (χ4n) is 11.1. The molecule has 3 heterocycles. The van der Waals surface area contributed by atoms with Gasteiger partial charge in [0.2, 0.25) is 5.91 Å². The Hall–Kier alpha value is -3.55. The summed E-state index contributed by atoms with van der Waals surface area (Å²) in [5.41, 5.74) is 0. The largest absolute Gasteiger partial charge is 0.394 e. The van der Waals surface area contributed by atoms with Crippen LogP contribution in [0.5, 0.6) is 0 Å². The van der Waals surface area contributed by atoms with E-state index in [2.05, 4.69) is 116 Å². The van der Waals surface area contributed by atoms with Crippen molar-refractivity contribution >= 4 is 5.91 Å². The van der Waals surface area contributed by atoms with E-state index in [0.717, 1.165) is 96.3 Å². The van der Waals surface area contributed by atoms with E-state index in [1.165, 1.54) is 83.5 Å². The average Bonchev–Trinajstić information content (AvgIpc) is 0.830. The Morgan fingerprint density at radius 1 is 0.402 bits per heavy atom. The fraction of sp³-hybridized carbons (Fsp3) is 0.740. The zero-order chi connectivity index (χ0) is 66.8. The monoisotopic (exact) mass is 1300 g/mol. The van der Waals surface area contributed by atoms with Crippen LogP contribution >= 0.6 is 0 Å². The summed E-state index contributed by atoms with van der Waals surface area (Å²) in [5, 5.41) is 120. The van der Waals surface area contributed by atoms with Gasteiger partial charge in [-0.05, 0) is 89.9 Å². The van der Waals surface area contributed by atoms with Gasteiger partial charge in [-0.15, -0.1) is 0 Å². The molecule has 0 bridgehead atoms. The number of unbranched alkanes of at least 4 members (excludes halogenated alkanes) is 20. The molecule has 3 aliphatic heterocycles. The highest BCUT2D eigenvalue weighted by Crippen LogP contribution is 2.33. The number of carbonyl (C=O) groups is 1. The molecule has 19 heteroatoms. The average molecular weight is 1300 g/mol. The predicted molar refractivity (Wildman–Crippen MR) is 360 cm³/mol. The molecule has 0 saturated carbocycles. The van der Waals surface area contributed by atoms with Gasteiger partial charge in [0.25, 0.3) is 0 Å². The number of aliphatic hydroxyl groups is 11. The second-order valence-electron chi connectivity index (χ2n) is 24.6. The number of aliphatic hydroxyl groups excluding tert-OH is 11. The summed E-state index contributed by atoms with van der Waals surface area (Å²) < 4.78 is 34.3. The molecule has 17 unspecified atom stereocenters. The second-order valence-corrected chi connectivity index (χ2v) is 24.6. The van der Waals surface area contributed by atoms with E-state index >= 15 is 0 Å². The van der Waals surface area contributed by atoms with Crippen LogP contribution in [-0.2, 0) is 33.2 Å². The molecule has 92 heavy (non-hydrogen) atoms. The van der Waals surface area contributed by atoms with Gasteiger partial charge in [0.15, 0.2) is 18.9 Å². The van der Waals surface area contributed by atoms with Gasteiger partial charge in [-0.25, -0.2) is 0 Å². The second kappa shape index (κ2) is 53.6. The normalized spacial score (nSPS) is 28.4. The van der Waals surface area contributed by atoms with Crippen LogP contribution in [0.3, 0.4) is 0 Å². The first-order valence-electron chi connectivity index (χ1n) is 35.1. The first-order valence-corrected chi connectivity index (χ1v) is 35.1. The highest BCUT2D eigenvalue weighted by Gasteiger charge is 2.53. The van der Waals surface area contributed by atoms with Crippen molar-refractivity contribution in [1.82, 2.24) is 5.32 Å². The van der Waals surface area contributed by atoms with Gasteiger partial charge in [0.05, 0.1) is 38.6 Å². The summed E-state index contributed by atoms with van der Waals surface area (Å²) in [6, 6.07) is -0.996. The summed E-state index contributed by atoms with van der Waals surface area (Å²) in [6.45, 7) is 1.55. The number of hydrogen-bond acceptors (Lipinski definition) is 18. The van der Waals surface area contributed by atoms with Crippen LogP contribution in [-0.4, -0.2) is 193 Å². The van der Waals surface area contributed by atoms with Crippen molar-refractivity contribution in [3.8, 4) is 0 Å². The van der Waals surface area contributed by atoms with E-state index in [9.17, 15) is 61.0 Å². The number of ether oxygens (including phenoxy) is 6. The number of amides is 1. The molecule has 3 aliphatic rings. The van der Waals surface area contributed by atoms with Gasteiger partial charge < -0.3 is 89.9 Å². The molecular formula is C73H123NO18. The lowest BCUT2D eigenvalue weighted by molar-refractivity contribution is -0.379. The molecule has 1 amide bonds. The standard InChI is InChI=1S/C73H123NO18/c1-3-5-7-9-11-13-15-17-18-19-20-21-22-23-24-25-26-27-28-29-30-31-32-33-34-35-36-37-38-39-41-43-45-47-49-51-61(79)74-56(57(78)50-48-46-44-42-40-16-14-12-10-8-6-4-2)55-87-71-67(85)64(82)69(59(53-76)89-71)92-73-68(86)65(83)70(60(54-77)90-73)91-72-66(84)63(81)62(80)58(52-75)88-72/h5,7,11,13,17-18,20-21,23-24,26-27,29-30,40,42,48,50,56-60,62-73,75-78,80-86H,3-4,6,8-10,12,14-16,19,22,25,28,31-39,41,43-47,49,51-55H2,1-2H3,(H,74,79)/b7-5-,13-11-,18-17-,21-20-,24-23-,27-26-,30-29-,42-40+,50-48+. The van der Waals surface area contributed by atoms with Crippen LogP contribution in [0.15, 0.2) is 109 Å². The van der Waals surface area contributed by atoms with Crippen molar-refractivity contribution in [3.63, 3.8) is 0 Å². The van der Waals surface area contributed by atoms with Gasteiger partial charge in [-0.2, -0.15) is 0 Å². The minimum atomic E-state index is -1.98. The van der Waals surface area contributed by atoms with Crippen molar-refractivity contribution in [3.05, 3.63) is 109 Å². The van der Waals surface area contributed by atoms with Crippen LogP contribution in [0.25, 0.3) is 0 Å². The summed E-state index contributed by atoms with van der Waals surface area (Å²) in [5.74, 6) is -0.293. The molecule has 17 atom stereocenters. The Kier molecular flexibility index (Phi) is 48.1. The molecular weight excluding hydrogens is 1180 g/mol. The van der Waals surface area contributed by atoms with E-state index in [1.807, 2.05) is 6.08 Å². The molecule has 0 aromatic heterocycles. The lowest BCUT2D eigenvalue weighted by Crippen LogP contribution is -2.66. The number of carbonyl (C=O) groups excluding carboxylic acids is 1. The van der Waals surface area contributed by atoms with Crippen molar-refractivity contribution in [2.24, 2.45) is 0 Å². The summed E-state index contributed by atoms with van der Waals surface area (Å²) in [7, 11) is 0. The van der Waals surface area contributed by atoms with Crippen LogP contribution in [0.1, 0.15) is 213 Å². The van der Waals surface area contributed by atoms with Crippen molar-refractivity contribution < 1.29 is 89.4 Å². The van der Waals surface area contributed by atoms with Crippen LogP contribution < -0.4 is 5.32 Å². The maximum absolute atomic E-state index is 13.4. The van der Waals surface area contributed by atoms with Crippen LogP contribution in [0.2, 0.25) is 0 Å². The third kappa shape index (κ3) is 34.9. The topological polar surface area (TPSA) is 307 Å². The number of rotatable bonds is 52. The van der Waals surface area contributed by atoms with Gasteiger partial charge in [0, 0.05) is 6.42 Å². The molecule has 3 rings (SSSR count). The molecule has 3 saturated heterocycles. The molecule has 3 fully saturated rings. The minimum Gasteiger partial charge on any atom is -0.394 e. The maximum Gasteiger partial charge on any atom is 0.220 e. The summed E-state index contributed by atoms with van der Waals surface area (Å²) in [6.07, 6.45) is 45.1. The van der Waals surface area contributed by atoms with Crippen LogP contribution in [0.4, 0.5) is 0 Å². The van der Waals surface area contributed by atoms with E-state index in [4.69, 9.17) is 28.4 Å². The Bertz CT molecular complexity index is 2090. The third-order valence-electron chi connectivity index (χ3n) is 16.8.